The van der Waals surface area contributed by atoms with Crippen molar-refractivity contribution in [1.29, 1.82) is 0 Å². The zero-order chi connectivity index (χ0) is 16.8. The molecule has 0 radical (unpaired) electrons. The lowest BCUT2D eigenvalue weighted by molar-refractivity contribution is 0.0903. The van der Waals surface area contributed by atoms with Crippen molar-refractivity contribution in [1.82, 2.24) is 10.2 Å². The quantitative estimate of drug-likeness (QED) is 0.831. The third-order valence-corrected chi connectivity index (χ3v) is 4.55. The second kappa shape index (κ2) is 8.15. The number of rotatable bonds is 7. The van der Waals surface area contributed by atoms with Gasteiger partial charge in [0.25, 0.3) is 5.91 Å². The Hall–Kier alpha value is -2.07. The van der Waals surface area contributed by atoms with E-state index in [-0.39, 0.29) is 11.9 Å². The van der Waals surface area contributed by atoms with Gasteiger partial charge in [0.15, 0.2) is 5.76 Å². The zero-order valence-corrected chi connectivity index (χ0v) is 14.3. The molecule has 1 aromatic heterocycles. The molecule has 1 fully saturated rings. The van der Waals surface area contributed by atoms with Crippen LogP contribution >= 0.6 is 0 Å². The molecular weight excluding hydrogens is 300 g/mol. The van der Waals surface area contributed by atoms with Gasteiger partial charge in [0.2, 0.25) is 0 Å². The lowest BCUT2D eigenvalue weighted by Gasteiger charge is -2.18. The van der Waals surface area contributed by atoms with Gasteiger partial charge < -0.3 is 9.73 Å². The Labute approximate surface area is 143 Å². The van der Waals surface area contributed by atoms with Crippen LogP contribution in [0.3, 0.4) is 0 Å². The van der Waals surface area contributed by atoms with E-state index in [1.807, 2.05) is 24.3 Å². The van der Waals surface area contributed by atoms with Gasteiger partial charge in [-0.2, -0.15) is 0 Å². The minimum atomic E-state index is -0.134. The van der Waals surface area contributed by atoms with E-state index in [0.717, 1.165) is 43.8 Å². The van der Waals surface area contributed by atoms with Crippen LogP contribution in [-0.4, -0.2) is 23.9 Å². The highest BCUT2D eigenvalue weighted by Gasteiger charge is 2.19. The molecule has 4 heteroatoms. The molecule has 24 heavy (non-hydrogen) atoms. The maximum atomic E-state index is 12.5. The first-order valence-electron chi connectivity index (χ1n) is 8.93. The summed E-state index contributed by atoms with van der Waals surface area (Å²) < 4.78 is 5.77. The Balaban J connectivity index is 1.63. The van der Waals surface area contributed by atoms with Crippen molar-refractivity contribution in [3.05, 3.63) is 59.5 Å². The van der Waals surface area contributed by atoms with Gasteiger partial charge in [-0.25, -0.2) is 0 Å². The number of carbonyl (C=O) groups is 1. The zero-order valence-electron chi connectivity index (χ0n) is 14.3. The molecule has 1 atom stereocenters. The first-order chi connectivity index (χ1) is 11.8. The van der Waals surface area contributed by atoms with E-state index >= 15 is 0 Å². The van der Waals surface area contributed by atoms with Crippen LogP contribution in [0, 0.1) is 0 Å². The number of likely N-dealkylation sites (tertiary alicyclic amines) is 1. The fraction of sp³-hybridized carbons (Fsp3) is 0.450. The molecule has 2 aromatic rings. The van der Waals surface area contributed by atoms with E-state index in [0.29, 0.717) is 5.76 Å². The highest BCUT2D eigenvalue weighted by Crippen LogP contribution is 2.20. The number of hydrogen-bond acceptors (Lipinski definition) is 3. The van der Waals surface area contributed by atoms with Crippen molar-refractivity contribution in [3.8, 4) is 0 Å². The summed E-state index contributed by atoms with van der Waals surface area (Å²) in [6.07, 6.45) is 4.43. The maximum Gasteiger partial charge on any atom is 0.287 e. The molecular formula is C20H26N2O2. The highest BCUT2D eigenvalue weighted by molar-refractivity contribution is 5.91. The predicted molar refractivity (Wildman–Crippen MR) is 94.8 cm³/mol. The number of hydrogen-bond donors (Lipinski definition) is 1. The van der Waals surface area contributed by atoms with Crippen LogP contribution in [0.2, 0.25) is 0 Å². The van der Waals surface area contributed by atoms with Crippen LogP contribution in [0.1, 0.15) is 60.5 Å². The highest BCUT2D eigenvalue weighted by atomic mass is 16.4. The van der Waals surface area contributed by atoms with Crippen LogP contribution in [-0.2, 0) is 6.54 Å². The molecule has 1 amide bonds. The molecule has 3 rings (SSSR count). The van der Waals surface area contributed by atoms with Crippen LogP contribution in [0.25, 0.3) is 0 Å². The molecule has 128 valence electrons. The van der Waals surface area contributed by atoms with Gasteiger partial charge in [-0.3, -0.25) is 9.69 Å². The molecule has 2 heterocycles. The second-order valence-electron chi connectivity index (χ2n) is 6.47. The number of benzene rings is 1. The molecule has 1 unspecified atom stereocenters. The lowest BCUT2D eigenvalue weighted by Crippen LogP contribution is -2.28. The number of carbonyl (C=O) groups excluding carboxylic acids is 1. The average Bonchev–Trinajstić information content (AvgIpc) is 3.28. The average molecular weight is 326 g/mol. The minimum Gasteiger partial charge on any atom is -0.455 e. The Morgan fingerprint density at radius 3 is 2.62 bits per heavy atom. The summed E-state index contributed by atoms with van der Waals surface area (Å²) in [5.41, 5.74) is 1.14. The Bertz CT molecular complexity index is 645. The Morgan fingerprint density at radius 1 is 1.17 bits per heavy atom. The number of nitrogens with one attached hydrogen (secondary N) is 1. The molecule has 0 aliphatic carbocycles. The predicted octanol–water partition coefficient (Wildman–Crippen LogP) is 4.15. The summed E-state index contributed by atoms with van der Waals surface area (Å²) in [4.78, 5) is 14.9. The molecule has 0 bridgehead atoms. The third-order valence-electron chi connectivity index (χ3n) is 4.55. The molecule has 1 aromatic carbocycles. The largest absolute Gasteiger partial charge is 0.455 e. The van der Waals surface area contributed by atoms with Crippen molar-refractivity contribution < 1.29 is 9.21 Å². The standard InChI is InChI=1S/C20H26N2O2/c1-2-8-18(16-9-4-3-5-10-16)21-20(23)19-12-11-17(24-19)15-22-13-6-7-14-22/h3-5,9-12,18H,2,6-8,13-15H2,1H3,(H,21,23). The van der Waals surface area contributed by atoms with Crippen molar-refractivity contribution in [2.45, 2.75) is 45.2 Å². The van der Waals surface area contributed by atoms with Crippen LogP contribution in [0.15, 0.2) is 46.9 Å². The minimum absolute atomic E-state index is 0.0239. The fourth-order valence-electron chi connectivity index (χ4n) is 3.27. The monoisotopic (exact) mass is 326 g/mol. The first kappa shape index (κ1) is 16.8. The van der Waals surface area contributed by atoms with E-state index in [2.05, 4.69) is 29.3 Å². The Kier molecular flexibility index (Phi) is 5.70. The summed E-state index contributed by atoms with van der Waals surface area (Å²) in [5.74, 6) is 1.14. The van der Waals surface area contributed by atoms with Crippen LogP contribution < -0.4 is 5.32 Å². The Morgan fingerprint density at radius 2 is 1.92 bits per heavy atom. The summed E-state index contributed by atoms with van der Waals surface area (Å²) in [6, 6.07) is 13.8. The fourth-order valence-corrected chi connectivity index (χ4v) is 3.27. The first-order valence-corrected chi connectivity index (χ1v) is 8.93. The molecule has 0 saturated carbocycles. The van der Waals surface area contributed by atoms with Gasteiger partial charge in [0.05, 0.1) is 12.6 Å². The van der Waals surface area contributed by atoms with Gasteiger partial charge in [0.1, 0.15) is 5.76 Å². The number of nitrogens with zero attached hydrogens (tertiary/aromatic N) is 1. The van der Waals surface area contributed by atoms with Gasteiger partial charge in [0, 0.05) is 0 Å². The smallest absolute Gasteiger partial charge is 0.287 e. The molecule has 1 aliphatic rings. The summed E-state index contributed by atoms with van der Waals surface area (Å²) in [6.45, 7) is 5.16. The van der Waals surface area contributed by atoms with E-state index in [4.69, 9.17) is 4.42 Å². The number of amides is 1. The van der Waals surface area contributed by atoms with Crippen molar-refractivity contribution in [2.24, 2.45) is 0 Å². The molecule has 1 aliphatic heterocycles. The molecule has 1 saturated heterocycles. The molecule has 4 nitrogen and oxygen atoms in total. The van der Waals surface area contributed by atoms with Gasteiger partial charge >= 0.3 is 0 Å². The molecule has 0 spiro atoms. The second-order valence-corrected chi connectivity index (χ2v) is 6.47. The lowest BCUT2D eigenvalue weighted by atomic mass is 10.0. The van der Waals surface area contributed by atoms with E-state index in [9.17, 15) is 4.79 Å². The van der Waals surface area contributed by atoms with Gasteiger partial charge in [-0.05, 0) is 50.0 Å². The van der Waals surface area contributed by atoms with Crippen LogP contribution in [0.4, 0.5) is 0 Å². The molecule has 1 N–H and O–H groups in total. The maximum absolute atomic E-state index is 12.5. The number of furan rings is 1. The van der Waals surface area contributed by atoms with E-state index in [1.54, 1.807) is 6.07 Å². The topological polar surface area (TPSA) is 45.5 Å². The normalized spacial score (nSPS) is 16.2. The van der Waals surface area contributed by atoms with E-state index in [1.165, 1.54) is 12.8 Å². The SMILES string of the molecule is CCCC(NC(=O)c1ccc(CN2CCCC2)o1)c1ccccc1. The summed E-state index contributed by atoms with van der Waals surface area (Å²) in [5, 5.41) is 3.11. The van der Waals surface area contributed by atoms with Crippen molar-refractivity contribution in [2.75, 3.05) is 13.1 Å². The van der Waals surface area contributed by atoms with Crippen LogP contribution in [0.5, 0.6) is 0 Å². The van der Waals surface area contributed by atoms with E-state index < -0.39 is 0 Å². The summed E-state index contributed by atoms with van der Waals surface area (Å²) in [7, 11) is 0. The summed E-state index contributed by atoms with van der Waals surface area (Å²) >= 11 is 0. The van der Waals surface area contributed by atoms with Gasteiger partial charge in [-0.15, -0.1) is 0 Å². The van der Waals surface area contributed by atoms with Gasteiger partial charge in [-0.1, -0.05) is 43.7 Å². The van der Waals surface area contributed by atoms with Crippen molar-refractivity contribution >= 4 is 5.91 Å². The van der Waals surface area contributed by atoms with Crippen molar-refractivity contribution in [3.63, 3.8) is 0 Å². The third kappa shape index (κ3) is 4.26.